The van der Waals surface area contributed by atoms with E-state index in [9.17, 15) is 17.6 Å². The number of rotatable bonds is 9. The number of aryl methyl sites for hydroxylation is 2. The molecule has 1 aromatic heterocycles. The third-order valence-electron chi connectivity index (χ3n) is 6.36. The van der Waals surface area contributed by atoms with Gasteiger partial charge in [0.1, 0.15) is 5.82 Å². The molecule has 0 radical (unpaired) electrons. The van der Waals surface area contributed by atoms with Crippen LogP contribution in [0.4, 0.5) is 17.6 Å². The fourth-order valence-corrected chi connectivity index (χ4v) is 4.23. The first-order chi connectivity index (χ1) is 17.9. The number of aromatic amines is 1. The zero-order valence-electron chi connectivity index (χ0n) is 22.8. The molecule has 7 heteroatoms. The Kier molecular flexibility index (Phi) is 11.8. The van der Waals surface area contributed by atoms with E-state index in [0.717, 1.165) is 66.2 Å². The van der Waals surface area contributed by atoms with E-state index in [-0.39, 0.29) is 11.7 Å². The molecule has 0 aliphatic rings. The second kappa shape index (κ2) is 14.3. The average molecular weight is 549 g/mol. The minimum Gasteiger partial charge on any atom is -0.358 e. The summed E-state index contributed by atoms with van der Waals surface area (Å²) < 4.78 is 49.8. The van der Waals surface area contributed by atoms with Crippen molar-refractivity contribution < 1.29 is 17.6 Å². The molecule has 1 unspecified atom stereocenters. The molecule has 0 spiro atoms. The molecule has 3 aromatic rings. The molecule has 0 aliphatic heterocycles. The molecule has 0 amide bonds. The minimum atomic E-state index is -4.36. The zero-order chi connectivity index (χ0) is 28.5. The van der Waals surface area contributed by atoms with Gasteiger partial charge in [0.05, 0.1) is 0 Å². The molecular weight excluding hydrogens is 512 g/mol. The van der Waals surface area contributed by atoms with Gasteiger partial charge in [-0.05, 0) is 80.1 Å². The number of nitrogens with one attached hydrogen (secondary N) is 1. The topological polar surface area (TPSA) is 28.1 Å². The van der Waals surface area contributed by atoms with Crippen molar-refractivity contribution in [2.24, 2.45) is 4.99 Å². The van der Waals surface area contributed by atoms with E-state index >= 15 is 0 Å². The van der Waals surface area contributed by atoms with E-state index in [2.05, 4.69) is 30.4 Å². The second-order valence-corrected chi connectivity index (χ2v) is 9.93. The lowest BCUT2D eigenvalue weighted by Gasteiger charge is -2.14. The fourth-order valence-electron chi connectivity index (χ4n) is 4.05. The van der Waals surface area contributed by atoms with Gasteiger partial charge in [-0.25, -0.2) is 4.39 Å². The van der Waals surface area contributed by atoms with Crippen LogP contribution in [0.25, 0.3) is 10.9 Å². The van der Waals surface area contributed by atoms with Crippen LogP contribution >= 0.6 is 11.6 Å². The smallest absolute Gasteiger partial charge is 0.358 e. The van der Waals surface area contributed by atoms with E-state index in [4.69, 9.17) is 11.6 Å². The highest BCUT2D eigenvalue weighted by Crippen LogP contribution is 2.34. The van der Waals surface area contributed by atoms with Gasteiger partial charge in [0, 0.05) is 45.0 Å². The Balaban J connectivity index is 0.000000312. The first-order valence-electron chi connectivity index (χ1n) is 12.9. The number of hydrogen-bond acceptors (Lipinski definition) is 1. The normalized spacial score (nSPS) is 13.1. The Morgan fingerprint density at radius 1 is 1.13 bits per heavy atom. The highest BCUT2D eigenvalue weighted by molar-refractivity contribution is 6.31. The molecule has 0 aliphatic carbocycles. The van der Waals surface area contributed by atoms with Crippen molar-refractivity contribution in [1.29, 1.82) is 0 Å². The third-order valence-corrected chi connectivity index (χ3v) is 6.59. The van der Waals surface area contributed by atoms with Crippen molar-refractivity contribution in [3.05, 3.63) is 94.1 Å². The van der Waals surface area contributed by atoms with Gasteiger partial charge in [-0.2, -0.15) is 13.2 Å². The summed E-state index contributed by atoms with van der Waals surface area (Å²) in [7, 11) is 0. The molecule has 0 fully saturated rings. The maximum Gasteiger partial charge on any atom is 0.415 e. The Morgan fingerprint density at radius 3 is 2.45 bits per heavy atom. The lowest BCUT2D eigenvalue weighted by Crippen LogP contribution is -2.08. The lowest BCUT2D eigenvalue weighted by atomic mass is 9.92. The maximum absolute atomic E-state index is 14.0. The molecular formula is C31H37ClF4N2. The van der Waals surface area contributed by atoms with Crippen LogP contribution < -0.4 is 0 Å². The number of fused-ring (bicyclic) bond motifs is 1. The summed E-state index contributed by atoms with van der Waals surface area (Å²) >= 11 is 6.21. The van der Waals surface area contributed by atoms with Crippen LogP contribution in [-0.4, -0.2) is 16.9 Å². The number of H-pyrrole nitrogens is 1. The van der Waals surface area contributed by atoms with Gasteiger partial charge >= 0.3 is 6.18 Å². The third kappa shape index (κ3) is 8.87. The van der Waals surface area contributed by atoms with Crippen molar-refractivity contribution in [3.8, 4) is 0 Å². The fraction of sp³-hybridized carbons (Fsp3) is 0.387. The van der Waals surface area contributed by atoms with Gasteiger partial charge in [0.2, 0.25) is 0 Å². The minimum absolute atomic E-state index is 0.109. The van der Waals surface area contributed by atoms with Crippen LogP contribution in [0.15, 0.2) is 65.8 Å². The molecule has 38 heavy (non-hydrogen) atoms. The predicted molar refractivity (Wildman–Crippen MR) is 153 cm³/mol. The Labute approximate surface area is 228 Å². The van der Waals surface area contributed by atoms with Crippen LogP contribution in [0.3, 0.4) is 0 Å². The molecule has 1 atom stereocenters. The van der Waals surface area contributed by atoms with Gasteiger partial charge in [-0.15, -0.1) is 0 Å². The monoisotopic (exact) mass is 548 g/mol. The summed E-state index contributed by atoms with van der Waals surface area (Å²) in [5.41, 5.74) is 5.19. The summed E-state index contributed by atoms with van der Waals surface area (Å²) in [5, 5.41) is 1.94. The van der Waals surface area contributed by atoms with Gasteiger partial charge in [0.15, 0.2) is 0 Å². The number of aliphatic imine (C=N–C) groups is 1. The summed E-state index contributed by atoms with van der Waals surface area (Å²) in [4.78, 5) is 7.39. The number of allylic oxidation sites excluding steroid dienone is 2. The van der Waals surface area contributed by atoms with Crippen molar-refractivity contribution in [1.82, 2.24) is 4.98 Å². The number of halogens is 5. The number of alkyl halides is 3. The second-order valence-electron chi connectivity index (χ2n) is 9.49. The van der Waals surface area contributed by atoms with Crippen LogP contribution in [0, 0.1) is 12.7 Å². The Morgan fingerprint density at radius 2 is 1.84 bits per heavy atom. The number of benzene rings is 2. The van der Waals surface area contributed by atoms with Gasteiger partial charge in [-0.1, -0.05) is 63.9 Å². The number of unbranched alkanes of at least 4 members (excludes halogenated alkanes) is 1. The molecule has 1 heterocycles. The zero-order valence-corrected chi connectivity index (χ0v) is 23.5. The van der Waals surface area contributed by atoms with E-state index < -0.39 is 11.7 Å². The summed E-state index contributed by atoms with van der Waals surface area (Å²) in [6.07, 6.45) is 2.66. The van der Waals surface area contributed by atoms with Crippen LogP contribution in [0.1, 0.15) is 81.7 Å². The van der Waals surface area contributed by atoms with E-state index in [1.54, 1.807) is 19.9 Å². The van der Waals surface area contributed by atoms with Crippen LogP contribution in [0.5, 0.6) is 0 Å². The Hall–Kier alpha value is -2.86. The SMILES string of the molecule is C=C(/C=C\N=C(C)CCC)C(F)(F)F.CCCCc1c(C(C)c2ccc(C)c(F)c2)[nH]c2ccc(Cl)cc12. The van der Waals surface area contributed by atoms with E-state index in [1.807, 2.05) is 37.3 Å². The molecule has 2 aromatic carbocycles. The highest BCUT2D eigenvalue weighted by atomic mass is 35.5. The van der Waals surface area contributed by atoms with Crippen molar-refractivity contribution in [2.45, 2.75) is 78.8 Å². The predicted octanol–water partition coefficient (Wildman–Crippen LogP) is 10.6. The number of nitrogens with zero attached hydrogens (tertiary/aromatic N) is 1. The summed E-state index contributed by atoms with van der Waals surface area (Å²) in [6, 6.07) is 11.5. The molecule has 0 bridgehead atoms. The van der Waals surface area contributed by atoms with E-state index in [0.29, 0.717) is 5.56 Å². The van der Waals surface area contributed by atoms with Crippen molar-refractivity contribution in [2.75, 3.05) is 0 Å². The molecule has 2 nitrogen and oxygen atoms in total. The molecule has 0 saturated heterocycles. The molecule has 206 valence electrons. The quantitative estimate of drug-likeness (QED) is 0.156. The first kappa shape index (κ1) is 31.4. The van der Waals surface area contributed by atoms with E-state index in [1.165, 1.54) is 16.6 Å². The lowest BCUT2D eigenvalue weighted by molar-refractivity contribution is -0.0878. The van der Waals surface area contributed by atoms with Crippen LogP contribution in [0.2, 0.25) is 5.02 Å². The highest BCUT2D eigenvalue weighted by Gasteiger charge is 2.29. The first-order valence-corrected chi connectivity index (χ1v) is 13.3. The Bertz CT molecular complexity index is 1290. The number of aromatic nitrogens is 1. The summed E-state index contributed by atoms with van der Waals surface area (Å²) in [6.45, 7) is 12.8. The largest absolute Gasteiger partial charge is 0.415 e. The number of hydrogen-bond donors (Lipinski definition) is 1. The van der Waals surface area contributed by atoms with Gasteiger partial charge < -0.3 is 4.98 Å². The van der Waals surface area contributed by atoms with Gasteiger partial charge in [0.25, 0.3) is 0 Å². The molecule has 0 saturated carbocycles. The van der Waals surface area contributed by atoms with Crippen molar-refractivity contribution in [3.63, 3.8) is 0 Å². The van der Waals surface area contributed by atoms with Crippen molar-refractivity contribution >= 4 is 28.2 Å². The average Bonchev–Trinajstić information content (AvgIpc) is 3.21. The van der Waals surface area contributed by atoms with Crippen LogP contribution in [-0.2, 0) is 6.42 Å². The van der Waals surface area contributed by atoms with Gasteiger partial charge in [-0.3, -0.25) is 4.99 Å². The molecule has 3 rings (SSSR count). The summed E-state index contributed by atoms with van der Waals surface area (Å²) in [5.74, 6) is -0.0354. The maximum atomic E-state index is 14.0. The standard InChI is InChI=1S/C21H23ClFN.C10H14F3N/c1-4-5-6-17-18-12-16(22)9-10-20(18)24-21(17)14(3)15-8-7-13(2)19(23)11-15;1-4-5-9(3)14-7-6-8(2)10(11,12)13/h7-12,14,24H,4-6H2,1-3H3;6-7H,2,4-5H2,1,3H3/b;7-6-,14-9?. The molecule has 1 N–H and O–H groups in total.